The van der Waals surface area contributed by atoms with Crippen LogP contribution in [-0.4, -0.2) is 12.7 Å². The van der Waals surface area contributed by atoms with Crippen molar-refractivity contribution >= 4 is 34.8 Å². The van der Waals surface area contributed by atoms with Crippen LogP contribution in [0.3, 0.4) is 0 Å². The quantitative estimate of drug-likeness (QED) is 0.713. The maximum atomic E-state index is 6.40. The molecule has 0 radical (unpaired) electrons. The highest BCUT2D eigenvalue weighted by molar-refractivity contribution is 6.42. The summed E-state index contributed by atoms with van der Waals surface area (Å²) in [7, 11) is 0. The molecule has 1 fully saturated rings. The van der Waals surface area contributed by atoms with Crippen LogP contribution in [0, 0.1) is 5.92 Å². The Bertz CT molecular complexity index is 381. The molecule has 88 valence electrons. The van der Waals surface area contributed by atoms with Gasteiger partial charge in [-0.05, 0) is 30.0 Å². The van der Waals surface area contributed by atoms with E-state index in [1.54, 1.807) is 6.07 Å². The van der Waals surface area contributed by atoms with Gasteiger partial charge in [0.25, 0.3) is 0 Å². The largest absolute Gasteiger partial charge is 0.376 e. The maximum absolute atomic E-state index is 6.40. The molecule has 0 aliphatic carbocycles. The molecule has 4 heteroatoms. The van der Waals surface area contributed by atoms with E-state index in [4.69, 9.17) is 39.5 Å². The van der Waals surface area contributed by atoms with Crippen LogP contribution in [0.15, 0.2) is 18.2 Å². The number of benzene rings is 1. The average Bonchev–Trinajstić information content (AvgIpc) is 2.67. The third kappa shape index (κ3) is 2.48. The molecule has 2 rings (SSSR count). The number of rotatable bonds is 2. The number of halogens is 3. The molecule has 0 saturated carbocycles. The van der Waals surface area contributed by atoms with Gasteiger partial charge in [-0.1, -0.05) is 36.2 Å². The number of alkyl halides is 1. The molecule has 1 heterocycles. The summed E-state index contributed by atoms with van der Waals surface area (Å²) in [6.45, 7) is 2.95. The second kappa shape index (κ2) is 5.14. The van der Waals surface area contributed by atoms with Crippen LogP contribution < -0.4 is 0 Å². The third-order valence-corrected chi connectivity index (χ3v) is 4.23. The molecule has 1 aliphatic heterocycles. The molecule has 0 amide bonds. The Morgan fingerprint density at radius 3 is 2.62 bits per heavy atom. The minimum absolute atomic E-state index is 0.0684. The van der Waals surface area contributed by atoms with Gasteiger partial charge in [0, 0.05) is 6.61 Å². The standard InChI is InChI=1S/C12H13Cl3O/c1-7-4-5-16-12(7)11(15)8-2-3-9(13)10(14)6-8/h2-3,6-7,11-12H,4-5H2,1H3. The minimum atomic E-state index is -0.160. The van der Waals surface area contributed by atoms with E-state index in [1.807, 2.05) is 12.1 Å². The fourth-order valence-electron chi connectivity index (χ4n) is 1.97. The summed E-state index contributed by atoms with van der Waals surface area (Å²) >= 11 is 18.2. The second-order valence-corrected chi connectivity index (χ2v) is 5.46. The highest BCUT2D eigenvalue weighted by Crippen LogP contribution is 2.37. The number of ether oxygens (including phenoxy) is 1. The fourth-order valence-corrected chi connectivity index (χ4v) is 2.73. The summed E-state index contributed by atoms with van der Waals surface area (Å²) < 4.78 is 5.64. The minimum Gasteiger partial charge on any atom is -0.376 e. The van der Waals surface area contributed by atoms with E-state index < -0.39 is 0 Å². The Morgan fingerprint density at radius 2 is 2.06 bits per heavy atom. The van der Waals surface area contributed by atoms with Crippen molar-refractivity contribution in [2.75, 3.05) is 6.61 Å². The first-order valence-corrected chi connectivity index (χ1v) is 6.49. The first kappa shape index (κ1) is 12.5. The van der Waals surface area contributed by atoms with E-state index >= 15 is 0 Å². The van der Waals surface area contributed by atoms with Gasteiger partial charge in [0.2, 0.25) is 0 Å². The molecule has 0 spiro atoms. The summed E-state index contributed by atoms with van der Waals surface area (Å²) in [6.07, 6.45) is 1.13. The van der Waals surface area contributed by atoms with Gasteiger partial charge in [-0.2, -0.15) is 0 Å². The predicted octanol–water partition coefficient (Wildman–Crippen LogP) is 4.70. The lowest BCUT2D eigenvalue weighted by Gasteiger charge is -2.21. The SMILES string of the molecule is CC1CCOC1C(Cl)c1ccc(Cl)c(Cl)c1. The Balaban J connectivity index is 2.20. The lowest BCUT2D eigenvalue weighted by atomic mass is 9.97. The van der Waals surface area contributed by atoms with Crippen molar-refractivity contribution in [1.29, 1.82) is 0 Å². The van der Waals surface area contributed by atoms with E-state index in [1.165, 1.54) is 0 Å². The summed E-state index contributed by atoms with van der Waals surface area (Å²) in [6, 6.07) is 5.49. The van der Waals surface area contributed by atoms with Gasteiger partial charge >= 0.3 is 0 Å². The summed E-state index contributed by atoms with van der Waals surface area (Å²) in [5, 5.41) is 0.928. The average molecular weight is 280 g/mol. The monoisotopic (exact) mass is 278 g/mol. The van der Waals surface area contributed by atoms with Crippen LogP contribution >= 0.6 is 34.8 Å². The molecule has 1 nitrogen and oxygen atoms in total. The van der Waals surface area contributed by atoms with Gasteiger partial charge < -0.3 is 4.74 Å². The molecular weight excluding hydrogens is 266 g/mol. The van der Waals surface area contributed by atoms with E-state index in [9.17, 15) is 0 Å². The lowest BCUT2D eigenvalue weighted by molar-refractivity contribution is 0.0903. The zero-order valence-corrected chi connectivity index (χ0v) is 11.2. The summed E-state index contributed by atoms with van der Waals surface area (Å²) in [5.41, 5.74) is 0.967. The lowest BCUT2D eigenvalue weighted by Crippen LogP contribution is -2.19. The van der Waals surface area contributed by atoms with Crippen molar-refractivity contribution in [3.8, 4) is 0 Å². The highest BCUT2D eigenvalue weighted by Gasteiger charge is 2.31. The van der Waals surface area contributed by atoms with Crippen molar-refractivity contribution in [2.45, 2.75) is 24.8 Å². The Kier molecular flexibility index (Phi) is 4.01. The second-order valence-electron chi connectivity index (χ2n) is 4.18. The van der Waals surface area contributed by atoms with Crippen molar-refractivity contribution < 1.29 is 4.74 Å². The van der Waals surface area contributed by atoms with Gasteiger partial charge in [0.15, 0.2) is 0 Å². The van der Waals surface area contributed by atoms with Crippen molar-refractivity contribution in [3.05, 3.63) is 33.8 Å². The molecule has 0 aromatic heterocycles. The van der Waals surface area contributed by atoms with E-state index in [-0.39, 0.29) is 11.5 Å². The smallest absolute Gasteiger partial charge is 0.0850 e. The molecule has 0 N–H and O–H groups in total. The highest BCUT2D eigenvalue weighted by atomic mass is 35.5. The van der Waals surface area contributed by atoms with Crippen LogP contribution in [0.4, 0.5) is 0 Å². The number of hydrogen-bond donors (Lipinski definition) is 0. The summed E-state index contributed by atoms with van der Waals surface area (Å²) in [4.78, 5) is 0. The summed E-state index contributed by atoms with van der Waals surface area (Å²) in [5.74, 6) is 0.483. The zero-order chi connectivity index (χ0) is 11.7. The molecule has 1 aliphatic rings. The van der Waals surface area contributed by atoms with Gasteiger partial charge in [-0.25, -0.2) is 0 Å². The van der Waals surface area contributed by atoms with Gasteiger partial charge in [-0.3, -0.25) is 0 Å². The van der Waals surface area contributed by atoms with Crippen LogP contribution in [0.5, 0.6) is 0 Å². The van der Waals surface area contributed by atoms with E-state index in [0.29, 0.717) is 16.0 Å². The normalized spacial score (nSPS) is 27.0. The zero-order valence-electron chi connectivity index (χ0n) is 8.92. The van der Waals surface area contributed by atoms with Gasteiger partial charge in [0.05, 0.1) is 21.5 Å². The Labute approximate surface area is 111 Å². The first-order chi connectivity index (χ1) is 7.59. The van der Waals surface area contributed by atoms with Crippen molar-refractivity contribution in [2.24, 2.45) is 5.92 Å². The maximum Gasteiger partial charge on any atom is 0.0850 e. The molecule has 16 heavy (non-hydrogen) atoms. The molecule has 1 aromatic carbocycles. The van der Waals surface area contributed by atoms with E-state index in [0.717, 1.165) is 18.6 Å². The Hall–Kier alpha value is 0.0500. The van der Waals surface area contributed by atoms with Gasteiger partial charge in [-0.15, -0.1) is 11.6 Å². The molecular formula is C12H13Cl3O. The molecule has 3 atom stereocenters. The fraction of sp³-hybridized carbons (Fsp3) is 0.500. The van der Waals surface area contributed by atoms with E-state index in [2.05, 4.69) is 6.92 Å². The molecule has 0 bridgehead atoms. The van der Waals surface area contributed by atoms with Crippen LogP contribution in [0.1, 0.15) is 24.3 Å². The first-order valence-electron chi connectivity index (χ1n) is 5.30. The Morgan fingerprint density at radius 1 is 1.31 bits per heavy atom. The van der Waals surface area contributed by atoms with Crippen LogP contribution in [-0.2, 0) is 4.74 Å². The van der Waals surface area contributed by atoms with Gasteiger partial charge in [0.1, 0.15) is 0 Å². The predicted molar refractivity (Wildman–Crippen MR) is 68.6 cm³/mol. The molecule has 1 aromatic rings. The topological polar surface area (TPSA) is 9.23 Å². The third-order valence-electron chi connectivity index (χ3n) is 2.99. The molecule has 3 unspecified atom stereocenters. The van der Waals surface area contributed by atoms with Crippen molar-refractivity contribution in [1.82, 2.24) is 0 Å². The van der Waals surface area contributed by atoms with Crippen molar-refractivity contribution in [3.63, 3.8) is 0 Å². The molecule has 1 saturated heterocycles. The van der Waals surface area contributed by atoms with Crippen LogP contribution in [0.2, 0.25) is 10.0 Å². The van der Waals surface area contributed by atoms with Crippen LogP contribution in [0.25, 0.3) is 0 Å². The number of hydrogen-bond acceptors (Lipinski definition) is 1.